The number of hydrogen-bond acceptors (Lipinski definition) is 6. The zero-order chi connectivity index (χ0) is 14.8. The van der Waals surface area contributed by atoms with Crippen molar-refractivity contribution in [2.75, 3.05) is 56.8 Å². The highest BCUT2D eigenvalue weighted by atomic mass is 19.1. The molecule has 0 atom stereocenters. The van der Waals surface area contributed by atoms with E-state index < -0.39 is 5.82 Å². The van der Waals surface area contributed by atoms with E-state index in [1.165, 1.54) is 6.20 Å². The van der Waals surface area contributed by atoms with Gasteiger partial charge in [-0.25, -0.2) is 9.37 Å². The van der Waals surface area contributed by atoms with Crippen molar-refractivity contribution in [3.8, 4) is 0 Å². The molecule has 1 rings (SSSR count). The molecule has 0 fully saturated rings. The van der Waals surface area contributed by atoms with Gasteiger partial charge in [-0.05, 0) is 13.8 Å². The van der Waals surface area contributed by atoms with E-state index in [0.29, 0.717) is 45.5 Å². The maximum Gasteiger partial charge on any atom is 0.224 e. The predicted molar refractivity (Wildman–Crippen MR) is 76.7 cm³/mol. The van der Waals surface area contributed by atoms with Gasteiger partial charge >= 0.3 is 0 Å². The highest BCUT2D eigenvalue weighted by Crippen LogP contribution is 2.16. The summed E-state index contributed by atoms with van der Waals surface area (Å²) >= 11 is 0. The van der Waals surface area contributed by atoms with Crippen LogP contribution in [0.15, 0.2) is 6.20 Å². The van der Waals surface area contributed by atoms with E-state index in [-0.39, 0.29) is 5.82 Å². The summed E-state index contributed by atoms with van der Waals surface area (Å²) in [5, 5.41) is 2.81. The number of rotatable bonds is 10. The Morgan fingerprint density at radius 3 is 2.30 bits per heavy atom. The van der Waals surface area contributed by atoms with Crippen molar-refractivity contribution in [3.05, 3.63) is 12.0 Å². The fourth-order valence-corrected chi connectivity index (χ4v) is 1.66. The molecular formula is C13H23FN4O2. The van der Waals surface area contributed by atoms with Gasteiger partial charge in [0, 0.05) is 33.4 Å². The van der Waals surface area contributed by atoms with Gasteiger partial charge in [0.05, 0.1) is 19.4 Å². The van der Waals surface area contributed by atoms with Crippen LogP contribution in [-0.4, -0.2) is 56.5 Å². The van der Waals surface area contributed by atoms with Gasteiger partial charge in [-0.2, -0.15) is 4.98 Å². The summed E-state index contributed by atoms with van der Waals surface area (Å²) in [6.45, 7) is 7.25. The van der Waals surface area contributed by atoms with Crippen molar-refractivity contribution in [3.63, 3.8) is 0 Å². The molecule has 0 aliphatic heterocycles. The highest BCUT2D eigenvalue weighted by molar-refractivity contribution is 5.43. The number of hydrogen-bond donors (Lipinski definition) is 1. The molecule has 20 heavy (non-hydrogen) atoms. The number of ether oxygens (including phenoxy) is 2. The lowest BCUT2D eigenvalue weighted by Gasteiger charge is -2.24. The van der Waals surface area contributed by atoms with Crippen LogP contribution in [0.4, 0.5) is 16.2 Å². The minimum Gasteiger partial charge on any atom is -0.380 e. The van der Waals surface area contributed by atoms with Gasteiger partial charge < -0.3 is 19.7 Å². The van der Waals surface area contributed by atoms with Gasteiger partial charge in [0.25, 0.3) is 0 Å². The largest absolute Gasteiger partial charge is 0.380 e. The first-order valence-electron chi connectivity index (χ1n) is 6.83. The van der Waals surface area contributed by atoms with E-state index in [4.69, 9.17) is 9.47 Å². The van der Waals surface area contributed by atoms with E-state index in [9.17, 15) is 4.39 Å². The van der Waals surface area contributed by atoms with Crippen LogP contribution in [0.25, 0.3) is 0 Å². The van der Waals surface area contributed by atoms with Crippen LogP contribution in [0.1, 0.15) is 13.8 Å². The van der Waals surface area contributed by atoms with Gasteiger partial charge in [-0.3, -0.25) is 0 Å². The van der Waals surface area contributed by atoms with Crippen LogP contribution in [0.2, 0.25) is 0 Å². The first-order chi connectivity index (χ1) is 9.72. The molecule has 0 saturated heterocycles. The summed E-state index contributed by atoms with van der Waals surface area (Å²) in [6, 6.07) is 0. The molecule has 0 saturated carbocycles. The number of nitrogens with zero attached hydrogens (tertiary/aromatic N) is 3. The van der Waals surface area contributed by atoms with Gasteiger partial charge in [0.15, 0.2) is 11.6 Å². The molecule has 0 radical (unpaired) electrons. The molecule has 1 aromatic heterocycles. The Morgan fingerprint density at radius 2 is 1.80 bits per heavy atom. The maximum absolute atomic E-state index is 13.9. The fourth-order valence-electron chi connectivity index (χ4n) is 1.66. The molecule has 0 aliphatic carbocycles. The Hall–Kier alpha value is -1.47. The molecule has 0 amide bonds. The Labute approximate surface area is 119 Å². The Bertz CT molecular complexity index is 383. The summed E-state index contributed by atoms with van der Waals surface area (Å²) in [4.78, 5) is 9.82. The molecule has 0 aliphatic rings. The second-order valence-electron chi connectivity index (χ2n) is 4.00. The minimum atomic E-state index is -0.447. The van der Waals surface area contributed by atoms with E-state index in [0.717, 1.165) is 0 Å². The molecule has 1 N–H and O–H groups in total. The van der Waals surface area contributed by atoms with Gasteiger partial charge in [-0.15, -0.1) is 0 Å². The van der Waals surface area contributed by atoms with Gasteiger partial charge in [-0.1, -0.05) is 0 Å². The maximum atomic E-state index is 13.9. The zero-order valence-corrected chi connectivity index (χ0v) is 12.4. The van der Waals surface area contributed by atoms with Crippen molar-refractivity contribution in [1.82, 2.24) is 9.97 Å². The van der Waals surface area contributed by atoms with Crippen molar-refractivity contribution in [1.29, 1.82) is 0 Å². The molecule has 114 valence electrons. The number of anilines is 2. The smallest absolute Gasteiger partial charge is 0.224 e. The third-order valence-electron chi connectivity index (χ3n) is 2.67. The third-order valence-corrected chi connectivity index (χ3v) is 2.67. The summed E-state index contributed by atoms with van der Waals surface area (Å²) in [5.74, 6) is 0.208. The average molecular weight is 286 g/mol. The monoisotopic (exact) mass is 286 g/mol. The fraction of sp³-hybridized carbons (Fsp3) is 0.692. The molecule has 0 spiro atoms. The van der Waals surface area contributed by atoms with Crippen molar-refractivity contribution in [2.24, 2.45) is 0 Å². The lowest BCUT2D eigenvalue weighted by molar-refractivity contribution is 0.141. The topological polar surface area (TPSA) is 59.5 Å². The molecule has 0 aromatic carbocycles. The van der Waals surface area contributed by atoms with Crippen LogP contribution >= 0.6 is 0 Å². The lowest BCUT2D eigenvalue weighted by atomic mass is 10.4. The van der Waals surface area contributed by atoms with Crippen LogP contribution in [0, 0.1) is 5.82 Å². The molecule has 0 unspecified atom stereocenters. The highest BCUT2D eigenvalue weighted by Gasteiger charge is 2.14. The first-order valence-corrected chi connectivity index (χ1v) is 6.83. The number of aromatic nitrogens is 2. The van der Waals surface area contributed by atoms with Gasteiger partial charge in [0.2, 0.25) is 5.95 Å². The quantitative estimate of drug-likeness (QED) is 0.658. The van der Waals surface area contributed by atoms with E-state index in [2.05, 4.69) is 15.3 Å². The Balaban J connectivity index is 2.78. The number of halogens is 1. The second kappa shape index (κ2) is 9.44. The lowest BCUT2D eigenvalue weighted by Crippen LogP contribution is -2.33. The normalized spacial score (nSPS) is 10.6. The molecule has 7 heteroatoms. The summed E-state index contributed by atoms with van der Waals surface area (Å²) in [5.41, 5.74) is 0. The predicted octanol–water partition coefficient (Wildman–Crippen LogP) is 1.54. The van der Waals surface area contributed by atoms with Crippen molar-refractivity contribution in [2.45, 2.75) is 13.8 Å². The van der Waals surface area contributed by atoms with E-state index in [1.807, 2.05) is 18.7 Å². The summed E-state index contributed by atoms with van der Waals surface area (Å²) in [6.07, 6.45) is 1.17. The van der Waals surface area contributed by atoms with E-state index >= 15 is 0 Å². The molecule has 0 bridgehead atoms. The molecule has 1 aromatic rings. The third kappa shape index (κ3) is 5.26. The van der Waals surface area contributed by atoms with Crippen LogP contribution in [-0.2, 0) is 9.47 Å². The molecular weight excluding hydrogens is 263 g/mol. The van der Waals surface area contributed by atoms with Crippen molar-refractivity contribution < 1.29 is 13.9 Å². The summed E-state index contributed by atoms with van der Waals surface area (Å²) in [7, 11) is 1.70. The van der Waals surface area contributed by atoms with Crippen LogP contribution < -0.4 is 10.2 Å². The first kappa shape index (κ1) is 16.6. The molecule has 1 heterocycles. The summed E-state index contributed by atoms with van der Waals surface area (Å²) < 4.78 is 24.5. The molecule has 6 nitrogen and oxygen atoms in total. The Kier molecular flexibility index (Phi) is 7.82. The van der Waals surface area contributed by atoms with Crippen LogP contribution in [0.5, 0.6) is 0 Å². The minimum absolute atomic E-state index is 0.267. The van der Waals surface area contributed by atoms with Crippen molar-refractivity contribution >= 4 is 11.8 Å². The van der Waals surface area contributed by atoms with Crippen LogP contribution in [0.3, 0.4) is 0 Å². The number of nitrogens with one attached hydrogen (secondary N) is 1. The zero-order valence-electron chi connectivity index (χ0n) is 12.4. The second-order valence-corrected chi connectivity index (χ2v) is 4.00. The van der Waals surface area contributed by atoms with E-state index in [1.54, 1.807) is 7.05 Å². The SMILES string of the molecule is CCOCCN(CCOCC)c1nc(NC)ncc1F. The van der Waals surface area contributed by atoms with Gasteiger partial charge in [0.1, 0.15) is 0 Å². The Morgan fingerprint density at radius 1 is 1.20 bits per heavy atom. The standard InChI is InChI=1S/C13H23FN4O2/c1-4-19-8-6-18(7-9-20-5-2)12-11(14)10-16-13(15-3)17-12/h10H,4-9H2,1-3H3,(H,15,16,17). The average Bonchev–Trinajstić information content (AvgIpc) is 2.47.